The van der Waals surface area contributed by atoms with Gasteiger partial charge in [-0.15, -0.1) is 0 Å². The topological polar surface area (TPSA) is 15.3 Å². The summed E-state index contributed by atoms with van der Waals surface area (Å²) in [5.41, 5.74) is 0.295. The molecule has 0 aromatic rings. The van der Waals surface area contributed by atoms with Gasteiger partial charge in [0.2, 0.25) is 0 Å². The van der Waals surface area contributed by atoms with Crippen molar-refractivity contribution in [2.75, 3.05) is 20.6 Å². The fourth-order valence-electron chi connectivity index (χ4n) is 3.44. The van der Waals surface area contributed by atoms with Crippen molar-refractivity contribution in [2.24, 2.45) is 5.92 Å². The zero-order valence-corrected chi connectivity index (χ0v) is 13.8. The van der Waals surface area contributed by atoms with Crippen LogP contribution in [0.25, 0.3) is 0 Å². The van der Waals surface area contributed by atoms with Gasteiger partial charge in [-0.25, -0.2) is 0 Å². The first-order chi connectivity index (χ1) is 8.49. The molecule has 0 rings (SSSR count). The summed E-state index contributed by atoms with van der Waals surface area (Å²) in [5.74, 6) is 0.740. The van der Waals surface area contributed by atoms with E-state index in [9.17, 15) is 0 Å². The molecule has 0 fully saturated rings. The molecule has 0 saturated carbocycles. The van der Waals surface area contributed by atoms with Crippen molar-refractivity contribution in [2.45, 2.75) is 78.3 Å². The first-order valence-electron chi connectivity index (χ1n) is 7.90. The van der Waals surface area contributed by atoms with E-state index in [1.54, 1.807) is 0 Å². The maximum Gasteiger partial charge on any atom is 0.0353 e. The molecule has 0 radical (unpaired) electrons. The summed E-state index contributed by atoms with van der Waals surface area (Å²) in [6, 6.07) is 0.599. The van der Waals surface area contributed by atoms with Crippen LogP contribution in [0.5, 0.6) is 0 Å². The minimum Gasteiger partial charge on any atom is -0.312 e. The first kappa shape index (κ1) is 17.9. The molecule has 0 aromatic heterocycles. The summed E-state index contributed by atoms with van der Waals surface area (Å²) in [7, 11) is 4.48. The molecule has 2 atom stereocenters. The highest BCUT2D eigenvalue weighted by Gasteiger charge is 2.39. The summed E-state index contributed by atoms with van der Waals surface area (Å²) in [5, 5.41) is 3.84. The Bertz CT molecular complexity index is 197. The summed E-state index contributed by atoms with van der Waals surface area (Å²) in [6.45, 7) is 12.8. The van der Waals surface area contributed by atoms with Crippen molar-refractivity contribution in [1.82, 2.24) is 10.2 Å². The predicted octanol–water partition coefficient (Wildman–Crippen LogP) is 3.91. The van der Waals surface area contributed by atoms with Gasteiger partial charge in [-0.3, -0.25) is 0 Å². The molecular weight excluding hydrogens is 220 g/mol. The molecule has 0 aliphatic heterocycles. The molecule has 18 heavy (non-hydrogen) atoms. The third kappa shape index (κ3) is 4.24. The van der Waals surface area contributed by atoms with Crippen LogP contribution in [0.3, 0.4) is 0 Å². The summed E-state index contributed by atoms with van der Waals surface area (Å²) >= 11 is 0. The Balaban J connectivity index is 5.08. The highest BCUT2D eigenvalue weighted by atomic mass is 15.2. The molecule has 0 saturated heterocycles. The number of likely N-dealkylation sites (N-methyl/N-ethyl adjacent to an activating group) is 1. The Morgan fingerprint density at radius 1 is 1.00 bits per heavy atom. The third-order valence-corrected chi connectivity index (χ3v) is 4.62. The predicted molar refractivity (Wildman–Crippen MR) is 83.2 cm³/mol. The average molecular weight is 256 g/mol. The van der Waals surface area contributed by atoms with E-state index in [1.165, 1.54) is 32.1 Å². The van der Waals surface area contributed by atoms with E-state index in [4.69, 9.17) is 0 Å². The van der Waals surface area contributed by atoms with E-state index in [1.807, 2.05) is 0 Å². The van der Waals surface area contributed by atoms with Crippen molar-refractivity contribution >= 4 is 0 Å². The maximum atomic E-state index is 3.84. The Labute approximate surface area is 116 Å². The molecule has 2 nitrogen and oxygen atoms in total. The van der Waals surface area contributed by atoms with Gasteiger partial charge < -0.3 is 10.2 Å². The van der Waals surface area contributed by atoms with Gasteiger partial charge in [0.15, 0.2) is 0 Å². The van der Waals surface area contributed by atoms with Crippen molar-refractivity contribution in [1.29, 1.82) is 0 Å². The highest BCUT2D eigenvalue weighted by molar-refractivity contribution is 4.99. The normalized spacial score (nSPS) is 16.0. The van der Waals surface area contributed by atoms with E-state index >= 15 is 0 Å². The molecule has 0 bridgehead atoms. The number of hydrogen-bond acceptors (Lipinski definition) is 2. The first-order valence-corrected chi connectivity index (χ1v) is 7.90. The second-order valence-corrected chi connectivity index (χ2v) is 5.90. The number of nitrogens with zero attached hydrogens (tertiary/aromatic N) is 1. The molecule has 0 spiro atoms. The Morgan fingerprint density at radius 2 is 1.56 bits per heavy atom. The van der Waals surface area contributed by atoms with Crippen LogP contribution in [0.15, 0.2) is 0 Å². The molecule has 1 N–H and O–H groups in total. The van der Waals surface area contributed by atoms with Crippen molar-refractivity contribution in [3.63, 3.8) is 0 Å². The van der Waals surface area contributed by atoms with E-state index in [2.05, 4.69) is 58.9 Å². The van der Waals surface area contributed by atoms with Gasteiger partial charge in [0, 0.05) is 11.6 Å². The lowest BCUT2D eigenvalue weighted by Crippen LogP contribution is -2.61. The molecular formula is C16H36N2. The zero-order chi connectivity index (χ0) is 14.2. The standard InChI is InChI=1S/C16H36N2/c1-8-12-14(5)15(17-13-9-2)16(10-3,11-4)18(6)7/h14-15,17H,8-13H2,1-7H3. The smallest absolute Gasteiger partial charge is 0.0353 e. The van der Waals surface area contributed by atoms with Gasteiger partial charge in [-0.1, -0.05) is 41.0 Å². The number of rotatable bonds is 10. The van der Waals surface area contributed by atoms with Gasteiger partial charge in [-0.05, 0) is 52.2 Å². The minimum absolute atomic E-state index is 0.295. The van der Waals surface area contributed by atoms with E-state index < -0.39 is 0 Å². The van der Waals surface area contributed by atoms with Crippen molar-refractivity contribution in [3.05, 3.63) is 0 Å². The number of nitrogens with one attached hydrogen (secondary N) is 1. The van der Waals surface area contributed by atoms with Crippen LogP contribution in [0.2, 0.25) is 0 Å². The monoisotopic (exact) mass is 256 g/mol. The molecule has 0 aliphatic carbocycles. The fraction of sp³-hybridized carbons (Fsp3) is 1.00. The van der Waals surface area contributed by atoms with Crippen molar-refractivity contribution < 1.29 is 0 Å². The molecule has 0 aliphatic rings. The lowest BCUT2D eigenvalue weighted by Gasteiger charge is -2.48. The van der Waals surface area contributed by atoms with Crippen LogP contribution in [-0.2, 0) is 0 Å². The van der Waals surface area contributed by atoms with Crippen molar-refractivity contribution in [3.8, 4) is 0 Å². The maximum absolute atomic E-state index is 3.84. The fourth-order valence-corrected chi connectivity index (χ4v) is 3.44. The van der Waals surface area contributed by atoms with Crippen LogP contribution < -0.4 is 5.32 Å². The largest absolute Gasteiger partial charge is 0.312 e. The minimum atomic E-state index is 0.295. The van der Waals surface area contributed by atoms with Gasteiger partial charge in [0.05, 0.1) is 0 Å². The quantitative estimate of drug-likeness (QED) is 0.637. The second kappa shape index (κ2) is 8.92. The molecule has 0 amide bonds. The Morgan fingerprint density at radius 3 is 1.89 bits per heavy atom. The van der Waals surface area contributed by atoms with E-state index in [-0.39, 0.29) is 0 Å². The lowest BCUT2D eigenvalue weighted by molar-refractivity contribution is 0.0607. The van der Waals surface area contributed by atoms with E-state index in [0.717, 1.165) is 12.5 Å². The van der Waals surface area contributed by atoms with Gasteiger partial charge in [-0.2, -0.15) is 0 Å². The van der Waals surface area contributed by atoms with Crippen LogP contribution in [0.4, 0.5) is 0 Å². The lowest BCUT2D eigenvalue weighted by atomic mass is 9.76. The Hall–Kier alpha value is -0.0800. The SMILES string of the molecule is CCCNC(C(C)CCC)C(CC)(CC)N(C)C. The summed E-state index contributed by atoms with van der Waals surface area (Å²) in [6.07, 6.45) is 6.24. The van der Waals surface area contributed by atoms with Crippen LogP contribution in [0, 0.1) is 5.92 Å². The summed E-state index contributed by atoms with van der Waals surface area (Å²) in [4.78, 5) is 2.45. The zero-order valence-electron chi connectivity index (χ0n) is 13.8. The molecule has 0 heterocycles. The number of hydrogen-bond donors (Lipinski definition) is 1. The van der Waals surface area contributed by atoms with Gasteiger partial charge in [0.1, 0.15) is 0 Å². The molecule has 2 heteroatoms. The second-order valence-electron chi connectivity index (χ2n) is 5.90. The molecule has 0 aromatic carbocycles. The van der Waals surface area contributed by atoms with Crippen LogP contribution >= 0.6 is 0 Å². The highest BCUT2D eigenvalue weighted by Crippen LogP contribution is 2.31. The van der Waals surface area contributed by atoms with Gasteiger partial charge >= 0.3 is 0 Å². The van der Waals surface area contributed by atoms with Crippen LogP contribution in [-0.4, -0.2) is 37.1 Å². The molecule has 2 unspecified atom stereocenters. The average Bonchev–Trinajstić information content (AvgIpc) is 2.34. The third-order valence-electron chi connectivity index (χ3n) is 4.62. The van der Waals surface area contributed by atoms with Gasteiger partial charge in [0.25, 0.3) is 0 Å². The Kier molecular flexibility index (Phi) is 8.89. The summed E-state index contributed by atoms with van der Waals surface area (Å²) < 4.78 is 0. The van der Waals surface area contributed by atoms with Crippen LogP contribution in [0.1, 0.15) is 66.7 Å². The molecule has 110 valence electrons. The van der Waals surface area contributed by atoms with E-state index in [0.29, 0.717) is 11.6 Å².